The molecule has 2 nitrogen and oxygen atoms in total. The molecule has 0 saturated heterocycles. The van der Waals surface area contributed by atoms with Gasteiger partial charge >= 0.3 is 0 Å². The lowest BCUT2D eigenvalue weighted by molar-refractivity contribution is -0.117. The van der Waals surface area contributed by atoms with E-state index >= 15 is 0 Å². The third-order valence-corrected chi connectivity index (χ3v) is 3.88. The molecule has 1 amide bonds. The van der Waals surface area contributed by atoms with Gasteiger partial charge in [0.15, 0.2) is 0 Å². The van der Waals surface area contributed by atoms with Crippen molar-refractivity contribution < 1.29 is 9.18 Å². The van der Waals surface area contributed by atoms with Crippen LogP contribution in [0.4, 0.5) is 4.39 Å². The topological polar surface area (TPSA) is 29.1 Å². The number of carbonyl (C=O) groups excluding carboxylic acids is 1. The molecule has 0 bridgehead atoms. The van der Waals surface area contributed by atoms with Gasteiger partial charge in [0.1, 0.15) is 5.82 Å². The van der Waals surface area contributed by atoms with Crippen LogP contribution in [0.15, 0.2) is 53.0 Å². The van der Waals surface area contributed by atoms with E-state index in [-0.39, 0.29) is 17.8 Å². The van der Waals surface area contributed by atoms with Crippen LogP contribution in [0.3, 0.4) is 0 Å². The Labute approximate surface area is 138 Å². The molecule has 0 radical (unpaired) electrons. The van der Waals surface area contributed by atoms with Gasteiger partial charge in [-0.1, -0.05) is 40.2 Å². The number of carbonyl (C=O) groups is 1. The highest BCUT2D eigenvalue weighted by Gasteiger charge is 2.09. The Balaban J connectivity index is 2.05. The highest BCUT2D eigenvalue weighted by atomic mass is 79.9. The number of benzene rings is 2. The van der Waals surface area contributed by atoms with Crippen LogP contribution in [0.1, 0.15) is 29.7 Å². The minimum atomic E-state index is -0.362. The standard InChI is InChI=1S/C18H17BrFNO/c1-12-5-3-4-6-16(12)13(2)21-18(22)10-7-14-11-15(19)8-9-17(14)20/h3-11,13H,1-2H3,(H,21,22)/b10-7+/t13-/m0/s1. The fourth-order valence-corrected chi connectivity index (χ4v) is 2.60. The molecule has 0 heterocycles. The zero-order valence-electron chi connectivity index (χ0n) is 12.4. The Morgan fingerprint density at radius 2 is 2.00 bits per heavy atom. The summed E-state index contributed by atoms with van der Waals surface area (Å²) >= 11 is 3.28. The lowest BCUT2D eigenvalue weighted by atomic mass is 10.0. The predicted octanol–water partition coefficient (Wildman–Crippen LogP) is 4.79. The Hall–Kier alpha value is -1.94. The highest BCUT2D eigenvalue weighted by molar-refractivity contribution is 9.10. The van der Waals surface area contributed by atoms with Gasteiger partial charge in [-0.25, -0.2) is 4.39 Å². The van der Waals surface area contributed by atoms with Crippen molar-refractivity contribution in [3.63, 3.8) is 0 Å². The maximum Gasteiger partial charge on any atom is 0.244 e. The second-order valence-electron chi connectivity index (χ2n) is 5.09. The second kappa shape index (κ2) is 7.36. The van der Waals surface area contributed by atoms with Gasteiger partial charge in [0.2, 0.25) is 5.91 Å². The first-order valence-electron chi connectivity index (χ1n) is 6.96. The molecular formula is C18H17BrFNO. The monoisotopic (exact) mass is 361 g/mol. The summed E-state index contributed by atoms with van der Waals surface area (Å²) in [6, 6.07) is 12.4. The highest BCUT2D eigenvalue weighted by Crippen LogP contribution is 2.18. The number of hydrogen-bond acceptors (Lipinski definition) is 1. The average Bonchev–Trinajstić information content (AvgIpc) is 2.48. The van der Waals surface area contributed by atoms with E-state index in [1.165, 1.54) is 18.2 Å². The maximum atomic E-state index is 13.6. The van der Waals surface area contributed by atoms with Crippen LogP contribution in [0, 0.1) is 12.7 Å². The van der Waals surface area contributed by atoms with E-state index < -0.39 is 0 Å². The fourth-order valence-electron chi connectivity index (χ4n) is 2.22. The number of nitrogens with one attached hydrogen (secondary N) is 1. The lowest BCUT2D eigenvalue weighted by Crippen LogP contribution is -2.25. The number of amides is 1. The summed E-state index contributed by atoms with van der Waals surface area (Å²) in [6.45, 7) is 3.93. The van der Waals surface area contributed by atoms with Gasteiger partial charge in [-0.05, 0) is 49.2 Å². The minimum Gasteiger partial charge on any atom is -0.346 e. The van der Waals surface area contributed by atoms with Crippen molar-refractivity contribution in [1.82, 2.24) is 5.32 Å². The van der Waals surface area contributed by atoms with E-state index in [0.717, 1.165) is 15.6 Å². The summed E-state index contributed by atoms with van der Waals surface area (Å²) < 4.78 is 14.4. The first kappa shape index (κ1) is 16.4. The summed E-state index contributed by atoms with van der Waals surface area (Å²) in [5.74, 6) is -0.616. The summed E-state index contributed by atoms with van der Waals surface area (Å²) in [7, 11) is 0. The molecule has 1 atom stereocenters. The third-order valence-electron chi connectivity index (χ3n) is 3.39. The van der Waals surface area contributed by atoms with Gasteiger partial charge in [-0.15, -0.1) is 0 Å². The molecule has 0 unspecified atom stereocenters. The van der Waals surface area contributed by atoms with Gasteiger partial charge < -0.3 is 5.32 Å². The summed E-state index contributed by atoms with van der Waals surface area (Å²) in [4.78, 5) is 12.0. The van der Waals surface area contributed by atoms with Crippen molar-refractivity contribution in [2.75, 3.05) is 0 Å². The van der Waals surface area contributed by atoms with E-state index in [1.54, 1.807) is 12.1 Å². The van der Waals surface area contributed by atoms with E-state index in [4.69, 9.17) is 0 Å². The first-order valence-corrected chi connectivity index (χ1v) is 7.76. The Morgan fingerprint density at radius 1 is 1.27 bits per heavy atom. The van der Waals surface area contributed by atoms with E-state index in [2.05, 4.69) is 21.2 Å². The Morgan fingerprint density at radius 3 is 2.73 bits per heavy atom. The van der Waals surface area contributed by atoms with Crippen LogP contribution in [0.5, 0.6) is 0 Å². The third kappa shape index (κ3) is 4.28. The molecule has 114 valence electrons. The van der Waals surface area contributed by atoms with E-state index in [9.17, 15) is 9.18 Å². The predicted molar refractivity (Wildman–Crippen MR) is 90.9 cm³/mol. The Kier molecular flexibility index (Phi) is 5.50. The SMILES string of the molecule is Cc1ccccc1[C@H](C)NC(=O)/C=C/c1cc(Br)ccc1F. The maximum absolute atomic E-state index is 13.6. The summed E-state index contributed by atoms with van der Waals surface area (Å²) in [6.07, 6.45) is 2.82. The van der Waals surface area contributed by atoms with Crippen molar-refractivity contribution >= 4 is 27.9 Å². The van der Waals surface area contributed by atoms with Crippen molar-refractivity contribution in [3.05, 3.63) is 75.5 Å². The van der Waals surface area contributed by atoms with Crippen LogP contribution in [0.25, 0.3) is 6.08 Å². The normalized spacial score (nSPS) is 12.4. The fraction of sp³-hybridized carbons (Fsp3) is 0.167. The van der Waals surface area contributed by atoms with E-state index in [0.29, 0.717) is 5.56 Å². The number of aryl methyl sites for hydroxylation is 1. The summed E-state index contributed by atoms with van der Waals surface area (Å²) in [5, 5.41) is 2.88. The largest absolute Gasteiger partial charge is 0.346 e. The number of rotatable bonds is 4. The molecule has 22 heavy (non-hydrogen) atoms. The van der Waals surface area contributed by atoms with Gasteiger partial charge in [0, 0.05) is 16.1 Å². The van der Waals surface area contributed by atoms with Crippen molar-refractivity contribution in [2.24, 2.45) is 0 Å². The van der Waals surface area contributed by atoms with Crippen LogP contribution < -0.4 is 5.32 Å². The molecule has 0 aliphatic heterocycles. The molecular weight excluding hydrogens is 345 g/mol. The quantitative estimate of drug-likeness (QED) is 0.779. The van der Waals surface area contributed by atoms with Gasteiger partial charge in [0.05, 0.1) is 6.04 Å². The van der Waals surface area contributed by atoms with Crippen LogP contribution in [-0.4, -0.2) is 5.91 Å². The smallest absolute Gasteiger partial charge is 0.244 e. The van der Waals surface area contributed by atoms with Crippen LogP contribution in [-0.2, 0) is 4.79 Å². The Bertz CT molecular complexity index is 712. The van der Waals surface area contributed by atoms with E-state index in [1.807, 2.05) is 38.1 Å². The molecule has 1 N–H and O–H groups in total. The number of halogens is 2. The average molecular weight is 362 g/mol. The molecule has 0 fully saturated rings. The molecule has 0 aliphatic carbocycles. The minimum absolute atomic E-state index is 0.106. The molecule has 4 heteroatoms. The zero-order valence-corrected chi connectivity index (χ0v) is 14.0. The molecule has 0 aliphatic rings. The van der Waals surface area contributed by atoms with Crippen LogP contribution in [0.2, 0.25) is 0 Å². The van der Waals surface area contributed by atoms with Gasteiger partial charge in [-0.3, -0.25) is 4.79 Å². The van der Waals surface area contributed by atoms with Crippen molar-refractivity contribution in [3.8, 4) is 0 Å². The van der Waals surface area contributed by atoms with Crippen molar-refractivity contribution in [2.45, 2.75) is 19.9 Å². The van der Waals surface area contributed by atoms with Gasteiger partial charge in [0.25, 0.3) is 0 Å². The molecule has 0 spiro atoms. The molecule has 0 aromatic heterocycles. The second-order valence-corrected chi connectivity index (χ2v) is 6.00. The first-order chi connectivity index (χ1) is 10.5. The molecule has 2 aromatic rings. The van der Waals surface area contributed by atoms with Gasteiger partial charge in [-0.2, -0.15) is 0 Å². The molecule has 0 saturated carbocycles. The number of hydrogen-bond donors (Lipinski definition) is 1. The van der Waals surface area contributed by atoms with Crippen molar-refractivity contribution in [1.29, 1.82) is 0 Å². The lowest BCUT2D eigenvalue weighted by Gasteiger charge is -2.15. The van der Waals surface area contributed by atoms with Crippen LogP contribution >= 0.6 is 15.9 Å². The zero-order chi connectivity index (χ0) is 16.1. The molecule has 2 aromatic carbocycles. The summed E-state index contributed by atoms with van der Waals surface area (Å²) in [5.41, 5.74) is 2.56. The molecule has 2 rings (SSSR count).